The summed E-state index contributed by atoms with van der Waals surface area (Å²) in [6.07, 6.45) is 6.32. The van der Waals surface area contributed by atoms with Gasteiger partial charge in [-0.15, -0.1) is 0 Å². The summed E-state index contributed by atoms with van der Waals surface area (Å²) in [7, 11) is 0. The van der Waals surface area contributed by atoms with Gasteiger partial charge in [-0.2, -0.15) is 0 Å². The molecule has 0 heterocycles. The van der Waals surface area contributed by atoms with Crippen molar-refractivity contribution >= 4 is 17.4 Å². The monoisotopic (exact) mass is 266 g/mol. The SMILES string of the molecule is O=C(CCOc1cccc(Cl)c1)C1CCCCC1. The zero-order valence-electron chi connectivity index (χ0n) is 10.5. The van der Waals surface area contributed by atoms with E-state index in [2.05, 4.69) is 0 Å². The second-order valence-electron chi connectivity index (χ2n) is 4.86. The van der Waals surface area contributed by atoms with Gasteiger partial charge in [0.1, 0.15) is 11.5 Å². The van der Waals surface area contributed by atoms with Crippen molar-refractivity contribution in [1.82, 2.24) is 0 Å². The van der Waals surface area contributed by atoms with Crippen LogP contribution < -0.4 is 4.74 Å². The van der Waals surface area contributed by atoms with Gasteiger partial charge in [0.05, 0.1) is 6.61 Å². The fourth-order valence-electron chi connectivity index (χ4n) is 2.45. The molecule has 0 unspecified atom stereocenters. The minimum absolute atomic E-state index is 0.279. The molecule has 1 aromatic carbocycles. The fraction of sp³-hybridized carbons (Fsp3) is 0.533. The maximum Gasteiger partial charge on any atom is 0.139 e. The number of carbonyl (C=O) groups excluding carboxylic acids is 1. The van der Waals surface area contributed by atoms with Gasteiger partial charge in [-0.05, 0) is 31.0 Å². The standard InChI is InChI=1S/C15H19ClO2/c16-13-7-4-8-14(11-13)18-10-9-15(17)12-5-2-1-3-6-12/h4,7-8,11-12H,1-3,5-6,9-10H2. The molecule has 2 rings (SSSR count). The van der Waals surface area contributed by atoms with Crippen LogP contribution in [0.2, 0.25) is 5.02 Å². The lowest BCUT2D eigenvalue weighted by atomic mass is 9.85. The van der Waals surface area contributed by atoms with Crippen molar-refractivity contribution in [2.24, 2.45) is 5.92 Å². The molecule has 0 saturated heterocycles. The second-order valence-corrected chi connectivity index (χ2v) is 5.29. The molecule has 1 aliphatic rings. The summed E-state index contributed by atoms with van der Waals surface area (Å²) in [5.74, 6) is 1.37. The molecule has 3 heteroatoms. The van der Waals surface area contributed by atoms with Crippen molar-refractivity contribution in [3.63, 3.8) is 0 Å². The molecule has 1 fully saturated rings. The van der Waals surface area contributed by atoms with Crippen LogP contribution in [0.3, 0.4) is 0 Å². The molecule has 0 N–H and O–H groups in total. The number of halogens is 1. The minimum Gasteiger partial charge on any atom is -0.493 e. The molecule has 0 atom stereocenters. The van der Waals surface area contributed by atoms with E-state index >= 15 is 0 Å². The number of ketones is 1. The van der Waals surface area contributed by atoms with Gasteiger partial charge < -0.3 is 4.74 Å². The van der Waals surface area contributed by atoms with Crippen molar-refractivity contribution in [2.45, 2.75) is 38.5 Å². The Morgan fingerprint density at radius 3 is 2.78 bits per heavy atom. The Kier molecular flexibility index (Phi) is 5.06. The summed E-state index contributed by atoms with van der Waals surface area (Å²) < 4.78 is 5.54. The number of hydrogen-bond donors (Lipinski definition) is 0. The molecule has 1 saturated carbocycles. The predicted octanol–water partition coefficient (Wildman–Crippen LogP) is 4.26. The molecule has 2 nitrogen and oxygen atoms in total. The third kappa shape index (κ3) is 4.02. The number of benzene rings is 1. The van der Waals surface area contributed by atoms with Gasteiger partial charge in [0, 0.05) is 17.4 Å². The molecule has 1 aliphatic carbocycles. The first-order chi connectivity index (χ1) is 8.75. The van der Waals surface area contributed by atoms with Crippen LogP contribution in [-0.4, -0.2) is 12.4 Å². The smallest absolute Gasteiger partial charge is 0.139 e. The highest BCUT2D eigenvalue weighted by atomic mass is 35.5. The lowest BCUT2D eigenvalue weighted by Gasteiger charge is -2.20. The molecular formula is C15H19ClO2. The van der Waals surface area contributed by atoms with Crippen LogP contribution in [0.5, 0.6) is 5.75 Å². The lowest BCUT2D eigenvalue weighted by Crippen LogP contribution is -2.19. The van der Waals surface area contributed by atoms with E-state index in [9.17, 15) is 4.79 Å². The molecular weight excluding hydrogens is 248 g/mol. The third-order valence-corrected chi connectivity index (χ3v) is 3.71. The zero-order chi connectivity index (χ0) is 12.8. The number of hydrogen-bond acceptors (Lipinski definition) is 2. The van der Waals surface area contributed by atoms with Crippen LogP contribution >= 0.6 is 11.6 Å². The zero-order valence-corrected chi connectivity index (χ0v) is 11.3. The molecule has 18 heavy (non-hydrogen) atoms. The maximum atomic E-state index is 11.9. The quantitative estimate of drug-likeness (QED) is 0.796. The molecule has 0 spiro atoms. The minimum atomic E-state index is 0.279. The van der Waals surface area contributed by atoms with E-state index in [4.69, 9.17) is 16.3 Å². The van der Waals surface area contributed by atoms with Gasteiger partial charge in [0.2, 0.25) is 0 Å². The Bertz CT molecular complexity index is 397. The molecule has 0 amide bonds. The first-order valence-electron chi connectivity index (χ1n) is 6.67. The van der Waals surface area contributed by atoms with Crippen LogP contribution in [0.1, 0.15) is 38.5 Å². The maximum absolute atomic E-state index is 11.9. The largest absolute Gasteiger partial charge is 0.493 e. The summed E-state index contributed by atoms with van der Waals surface area (Å²) in [5.41, 5.74) is 0. The summed E-state index contributed by atoms with van der Waals surface area (Å²) in [6.45, 7) is 0.454. The number of carbonyl (C=O) groups is 1. The van der Waals surface area contributed by atoms with Gasteiger partial charge >= 0.3 is 0 Å². The van der Waals surface area contributed by atoms with E-state index < -0.39 is 0 Å². The van der Waals surface area contributed by atoms with Crippen LogP contribution in [-0.2, 0) is 4.79 Å². The second kappa shape index (κ2) is 6.79. The van der Waals surface area contributed by atoms with E-state index in [0.29, 0.717) is 23.8 Å². The predicted molar refractivity (Wildman–Crippen MR) is 73.1 cm³/mol. The summed E-state index contributed by atoms with van der Waals surface area (Å²) >= 11 is 5.86. The highest BCUT2D eigenvalue weighted by molar-refractivity contribution is 6.30. The highest BCUT2D eigenvalue weighted by Crippen LogP contribution is 2.25. The normalized spacial score (nSPS) is 16.5. The molecule has 1 aromatic rings. The highest BCUT2D eigenvalue weighted by Gasteiger charge is 2.20. The topological polar surface area (TPSA) is 26.3 Å². The number of rotatable bonds is 5. The van der Waals surface area contributed by atoms with Gasteiger partial charge in [0.25, 0.3) is 0 Å². The van der Waals surface area contributed by atoms with E-state index in [-0.39, 0.29) is 5.92 Å². The van der Waals surface area contributed by atoms with Crippen molar-refractivity contribution in [3.05, 3.63) is 29.3 Å². The van der Waals surface area contributed by atoms with Gasteiger partial charge in [-0.1, -0.05) is 36.9 Å². The van der Waals surface area contributed by atoms with Crippen LogP contribution in [0.15, 0.2) is 24.3 Å². The van der Waals surface area contributed by atoms with Crippen molar-refractivity contribution in [3.8, 4) is 5.75 Å². The number of Topliss-reactive ketones (excluding diaryl/α,β-unsaturated/α-hetero) is 1. The first kappa shape index (κ1) is 13.4. The van der Waals surface area contributed by atoms with Crippen LogP contribution in [0.25, 0.3) is 0 Å². The lowest BCUT2D eigenvalue weighted by molar-refractivity contribution is -0.124. The average Bonchev–Trinajstić information content (AvgIpc) is 2.40. The molecule has 0 aliphatic heterocycles. The average molecular weight is 267 g/mol. The fourth-order valence-corrected chi connectivity index (χ4v) is 2.64. The summed E-state index contributed by atoms with van der Waals surface area (Å²) in [6, 6.07) is 7.28. The third-order valence-electron chi connectivity index (χ3n) is 3.47. The molecule has 98 valence electrons. The molecule has 0 bridgehead atoms. The van der Waals surface area contributed by atoms with Crippen LogP contribution in [0.4, 0.5) is 0 Å². The van der Waals surface area contributed by atoms with Gasteiger partial charge in [-0.25, -0.2) is 0 Å². The number of ether oxygens (including phenoxy) is 1. The van der Waals surface area contributed by atoms with Gasteiger partial charge in [0.15, 0.2) is 0 Å². The van der Waals surface area contributed by atoms with Crippen LogP contribution in [0, 0.1) is 5.92 Å². The van der Waals surface area contributed by atoms with Crippen molar-refractivity contribution in [1.29, 1.82) is 0 Å². The molecule has 0 aromatic heterocycles. The van der Waals surface area contributed by atoms with E-state index in [1.807, 2.05) is 18.2 Å². The van der Waals surface area contributed by atoms with E-state index in [1.165, 1.54) is 19.3 Å². The Morgan fingerprint density at radius 2 is 2.06 bits per heavy atom. The summed E-state index contributed by atoms with van der Waals surface area (Å²) in [4.78, 5) is 11.9. The first-order valence-corrected chi connectivity index (χ1v) is 7.04. The Labute approximate surface area is 113 Å². The van der Waals surface area contributed by atoms with Crippen molar-refractivity contribution < 1.29 is 9.53 Å². The van der Waals surface area contributed by atoms with Gasteiger partial charge in [-0.3, -0.25) is 4.79 Å². The van der Waals surface area contributed by atoms with Crippen molar-refractivity contribution in [2.75, 3.05) is 6.61 Å². The van der Waals surface area contributed by atoms with E-state index in [0.717, 1.165) is 18.6 Å². The molecule has 0 radical (unpaired) electrons. The Morgan fingerprint density at radius 1 is 1.28 bits per heavy atom. The van der Waals surface area contributed by atoms with E-state index in [1.54, 1.807) is 6.07 Å². The summed E-state index contributed by atoms with van der Waals surface area (Å²) in [5, 5.41) is 0.658. The Hall–Kier alpha value is -1.02. The Balaban J connectivity index is 1.73.